The molecule has 0 bridgehead atoms. The van der Waals surface area contributed by atoms with Gasteiger partial charge in [0.15, 0.2) is 0 Å². The predicted octanol–water partition coefficient (Wildman–Crippen LogP) is 3.82. The van der Waals surface area contributed by atoms with Gasteiger partial charge in [0.2, 0.25) is 0 Å². The Bertz CT molecular complexity index is 382. The van der Waals surface area contributed by atoms with E-state index in [1.54, 1.807) is 0 Å². The van der Waals surface area contributed by atoms with E-state index in [1.165, 1.54) is 44.9 Å². The maximum atomic E-state index is 6.09. The van der Waals surface area contributed by atoms with E-state index in [2.05, 4.69) is 13.8 Å². The monoisotopic (exact) mass is 352 g/mol. The molecule has 8 unspecified atom stereocenters. The van der Waals surface area contributed by atoms with Crippen LogP contribution in [0.4, 0.5) is 0 Å². The maximum absolute atomic E-state index is 6.09. The van der Waals surface area contributed by atoms with Crippen LogP contribution in [0.1, 0.15) is 58.8 Å². The lowest BCUT2D eigenvalue weighted by molar-refractivity contribution is -0.0367. The standard InChI is InChI=1S/C21H36O4/c1-14-7-16(3-5-20(14)24-12-18-10-22-18)9-17-4-6-21(15(2)8-17)25-13-19-11-23-19/h14-21H,3-13H2,1-2H3. The average Bonchev–Trinajstić information content (AvgIpc) is 3.48. The van der Waals surface area contributed by atoms with Gasteiger partial charge in [-0.3, -0.25) is 0 Å². The maximum Gasteiger partial charge on any atom is 0.104 e. The van der Waals surface area contributed by atoms with Crippen molar-refractivity contribution in [1.82, 2.24) is 0 Å². The molecule has 4 fully saturated rings. The zero-order valence-electron chi connectivity index (χ0n) is 16.0. The summed E-state index contributed by atoms with van der Waals surface area (Å²) in [6.07, 6.45) is 11.0. The molecule has 25 heavy (non-hydrogen) atoms. The predicted molar refractivity (Wildman–Crippen MR) is 96.6 cm³/mol. The van der Waals surface area contributed by atoms with Gasteiger partial charge in [-0.1, -0.05) is 13.8 Å². The molecular weight excluding hydrogens is 316 g/mol. The molecule has 0 radical (unpaired) electrons. The third kappa shape index (κ3) is 5.41. The van der Waals surface area contributed by atoms with E-state index in [9.17, 15) is 0 Å². The minimum atomic E-state index is 0.398. The molecule has 0 aromatic rings. The first-order valence-corrected chi connectivity index (χ1v) is 10.6. The molecule has 0 N–H and O–H groups in total. The van der Waals surface area contributed by atoms with Crippen LogP contribution in [0.25, 0.3) is 0 Å². The van der Waals surface area contributed by atoms with Gasteiger partial charge in [-0.15, -0.1) is 0 Å². The average molecular weight is 353 g/mol. The van der Waals surface area contributed by atoms with Crippen molar-refractivity contribution in [3.8, 4) is 0 Å². The van der Waals surface area contributed by atoms with Crippen LogP contribution in [-0.4, -0.2) is 50.8 Å². The molecule has 0 amide bonds. The first-order chi connectivity index (χ1) is 12.2. The Balaban J connectivity index is 1.15. The third-order valence-corrected chi connectivity index (χ3v) is 6.86. The van der Waals surface area contributed by atoms with Crippen molar-refractivity contribution in [2.45, 2.75) is 83.2 Å². The second kappa shape index (κ2) is 8.24. The summed E-state index contributed by atoms with van der Waals surface area (Å²) in [6, 6.07) is 0. The first kappa shape index (κ1) is 18.2. The molecule has 144 valence electrons. The summed E-state index contributed by atoms with van der Waals surface area (Å²) >= 11 is 0. The van der Waals surface area contributed by atoms with Crippen molar-refractivity contribution in [2.75, 3.05) is 26.4 Å². The zero-order valence-corrected chi connectivity index (χ0v) is 16.0. The molecule has 2 saturated heterocycles. The Hall–Kier alpha value is -0.160. The topological polar surface area (TPSA) is 43.5 Å². The van der Waals surface area contributed by atoms with Crippen molar-refractivity contribution in [1.29, 1.82) is 0 Å². The third-order valence-electron chi connectivity index (χ3n) is 6.86. The van der Waals surface area contributed by atoms with Crippen LogP contribution in [0.3, 0.4) is 0 Å². The molecule has 0 aromatic heterocycles. The molecule has 2 saturated carbocycles. The largest absolute Gasteiger partial charge is 0.375 e. The number of epoxide rings is 2. The molecule has 2 aliphatic carbocycles. The van der Waals surface area contributed by atoms with Crippen molar-refractivity contribution in [2.24, 2.45) is 23.7 Å². The fraction of sp³-hybridized carbons (Fsp3) is 1.00. The molecule has 4 aliphatic rings. The van der Waals surface area contributed by atoms with Gasteiger partial charge in [0.25, 0.3) is 0 Å². The van der Waals surface area contributed by atoms with E-state index in [4.69, 9.17) is 18.9 Å². The summed E-state index contributed by atoms with van der Waals surface area (Å²) < 4.78 is 22.7. The molecular formula is C21H36O4. The first-order valence-electron chi connectivity index (χ1n) is 10.6. The van der Waals surface area contributed by atoms with E-state index in [1.807, 2.05) is 0 Å². The highest BCUT2D eigenvalue weighted by Crippen LogP contribution is 2.40. The lowest BCUT2D eigenvalue weighted by Gasteiger charge is -2.39. The van der Waals surface area contributed by atoms with Crippen molar-refractivity contribution >= 4 is 0 Å². The van der Waals surface area contributed by atoms with Crippen LogP contribution in [0.2, 0.25) is 0 Å². The number of rotatable bonds is 8. The molecule has 0 aromatic carbocycles. The second-order valence-electron chi connectivity index (χ2n) is 9.20. The minimum absolute atomic E-state index is 0.398. The highest BCUT2D eigenvalue weighted by molar-refractivity contribution is 4.85. The molecule has 4 heteroatoms. The normalized spacial score (nSPS) is 46.8. The van der Waals surface area contributed by atoms with Gasteiger partial charge in [0.1, 0.15) is 12.2 Å². The van der Waals surface area contributed by atoms with E-state index in [0.717, 1.165) is 38.3 Å². The highest BCUT2D eigenvalue weighted by atomic mass is 16.6. The van der Waals surface area contributed by atoms with Gasteiger partial charge in [-0.25, -0.2) is 0 Å². The summed E-state index contributed by atoms with van der Waals surface area (Å²) in [5.74, 6) is 3.21. The van der Waals surface area contributed by atoms with E-state index in [0.29, 0.717) is 36.3 Å². The summed E-state index contributed by atoms with van der Waals surface area (Å²) in [5, 5.41) is 0. The van der Waals surface area contributed by atoms with Gasteiger partial charge in [0, 0.05) is 0 Å². The molecule has 0 spiro atoms. The SMILES string of the molecule is CC1CC(CC2CCC(OCC3CO3)C(C)C2)CCC1OCC1CO1. The van der Waals surface area contributed by atoms with Crippen molar-refractivity contribution in [3.05, 3.63) is 0 Å². The Labute approximate surface area is 152 Å². The second-order valence-corrected chi connectivity index (χ2v) is 9.20. The molecule has 4 rings (SSSR count). The van der Waals surface area contributed by atoms with Crippen LogP contribution < -0.4 is 0 Å². The van der Waals surface area contributed by atoms with Gasteiger partial charge < -0.3 is 18.9 Å². The fourth-order valence-corrected chi connectivity index (χ4v) is 5.14. The lowest BCUT2D eigenvalue weighted by atomic mass is 9.71. The summed E-state index contributed by atoms with van der Waals surface area (Å²) in [7, 11) is 0. The van der Waals surface area contributed by atoms with E-state index < -0.39 is 0 Å². The fourth-order valence-electron chi connectivity index (χ4n) is 5.14. The van der Waals surface area contributed by atoms with Crippen LogP contribution in [0.15, 0.2) is 0 Å². The lowest BCUT2D eigenvalue weighted by Crippen LogP contribution is -2.34. The molecule has 8 atom stereocenters. The van der Waals surface area contributed by atoms with Gasteiger partial charge in [-0.2, -0.15) is 0 Å². The Morgan fingerprint density at radius 1 is 0.720 bits per heavy atom. The van der Waals surface area contributed by atoms with Crippen LogP contribution in [0.5, 0.6) is 0 Å². The Morgan fingerprint density at radius 3 is 1.52 bits per heavy atom. The molecule has 2 aliphatic heterocycles. The summed E-state index contributed by atoms with van der Waals surface area (Å²) in [6.45, 7) is 8.21. The van der Waals surface area contributed by atoms with E-state index in [-0.39, 0.29) is 0 Å². The van der Waals surface area contributed by atoms with Crippen molar-refractivity contribution < 1.29 is 18.9 Å². The quantitative estimate of drug-likeness (QED) is 0.623. The van der Waals surface area contributed by atoms with Gasteiger partial charge in [-0.05, 0) is 68.6 Å². The van der Waals surface area contributed by atoms with Crippen LogP contribution in [-0.2, 0) is 18.9 Å². The highest BCUT2D eigenvalue weighted by Gasteiger charge is 2.35. The van der Waals surface area contributed by atoms with Crippen molar-refractivity contribution in [3.63, 3.8) is 0 Å². The zero-order chi connectivity index (χ0) is 17.2. The summed E-state index contributed by atoms with van der Waals surface area (Å²) in [5.41, 5.74) is 0. The van der Waals surface area contributed by atoms with Crippen LogP contribution >= 0.6 is 0 Å². The number of ether oxygens (including phenoxy) is 4. The Morgan fingerprint density at radius 2 is 1.16 bits per heavy atom. The number of hydrogen-bond acceptors (Lipinski definition) is 4. The van der Waals surface area contributed by atoms with E-state index >= 15 is 0 Å². The van der Waals surface area contributed by atoms with Crippen LogP contribution in [0, 0.1) is 23.7 Å². The smallest absolute Gasteiger partial charge is 0.104 e. The molecule has 2 heterocycles. The molecule has 4 nitrogen and oxygen atoms in total. The summed E-state index contributed by atoms with van der Waals surface area (Å²) in [4.78, 5) is 0. The number of hydrogen-bond donors (Lipinski definition) is 0. The van der Waals surface area contributed by atoms with Gasteiger partial charge >= 0.3 is 0 Å². The van der Waals surface area contributed by atoms with Gasteiger partial charge in [0.05, 0.1) is 38.6 Å². The Kier molecular flexibility index (Phi) is 6.01. The minimum Gasteiger partial charge on any atom is -0.375 e.